The van der Waals surface area contributed by atoms with Gasteiger partial charge >= 0.3 is 41.3 Å². The summed E-state index contributed by atoms with van der Waals surface area (Å²) < 4.78 is 1.51. The second kappa shape index (κ2) is 9.98. The summed E-state index contributed by atoms with van der Waals surface area (Å²) in [6.45, 7) is 8.74. The van der Waals surface area contributed by atoms with Crippen LogP contribution in [0, 0.1) is 19.9 Å². The maximum atomic E-state index is 3.71. The Morgan fingerprint density at radius 2 is 1.69 bits per heavy atom. The standard InChI is InChI=1S/C20H17.C3H6.2ClH.Zr/c1-13-14(2)20-17(11-16-9-5-6-10-18(16)20)12-19(13)15-7-3-4-8-15;1-3-2;;;/h3-7,9-10H,8,11H2,1-2H3;1-2H3;2*1H;/q-1;;;;+2/p-2. The largest absolute Gasteiger partial charge is 1.00 e. The number of hydrogen-bond donors (Lipinski definition) is 0. The van der Waals surface area contributed by atoms with Crippen molar-refractivity contribution in [2.24, 2.45) is 0 Å². The van der Waals surface area contributed by atoms with Gasteiger partial charge in [0.15, 0.2) is 0 Å². The topological polar surface area (TPSA) is 0 Å². The fraction of sp³-hybridized carbons (Fsp3) is 0.261. The van der Waals surface area contributed by atoms with Gasteiger partial charge in [0, 0.05) is 0 Å². The minimum Gasteiger partial charge on any atom is -1.00 e. The Kier molecular flexibility index (Phi) is 8.94. The average molecular weight is 462 g/mol. The number of halogens is 2. The summed E-state index contributed by atoms with van der Waals surface area (Å²) in [7, 11) is 0. The fourth-order valence-corrected chi connectivity index (χ4v) is 3.47. The van der Waals surface area contributed by atoms with E-state index in [0.717, 1.165) is 12.8 Å². The summed E-state index contributed by atoms with van der Waals surface area (Å²) in [5, 5.41) is 0. The SMILES string of the molecule is C[C](C)=[Zr+2].Cc1c(C2=CC=CC2)[c-]c2c(c1C)-c1ccccc1C2.[Cl-].[Cl-]. The van der Waals surface area contributed by atoms with Crippen LogP contribution in [0.4, 0.5) is 0 Å². The van der Waals surface area contributed by atoms with Gasteiger partial charge in [0.2, 0.25) is 0 Å². The zero-order valence-electron chi connectivity index (χ0n) is 15.7. The third-order valence-corrected chi connectivity index (χ3v) is 4.64. The van der Waals surface area contributed by atoms with E-state index in [9.17, 15) is 0 Å². The van der Waals surface area contributed by atoms with Crippen molar-refractivity contribution in [1.29, 1.82) is 0 Å². The van der Waals surface area contributed by atoms with Crippen LogP contribution < -0.4 is 24.8 Å². The molecule has 0 amide bonds. The summed E-state index contributed by atoms with van der Waals surface area (Å²) >= 11 is 1.55. The number of rotatable bonds is 1. The van der Waals surface area contributed by atoms with Crippen LogP contribution >= 0.6 is 0 Å². The summed E-state index contributed by atoms with van der Waals surface area (Å²) in [4.78, 5) is 0. The van der Waals surface area contributed by atoms with Crippen LogP contribution in [-0.2, 0) is 30.7 Å². The zero-order chi connectivity index (χ0) is 17.3. The molecule has 0 radical (unpaired) electrons. The van der Waals surface area contributed by atoms with Crippen molar-refractivity contribution in [3.63, 3.8) is 0 Å². The van der Waals surface area contributed by atoms with Crippen LogP contribution in [0.1, 0.15) is 48.1 Å². The molecule has 2 aromatic carbocycles. The van der Waals surface area contributed by atoms with Crippen molar-refractivity contribution in [2.75, 3.05) is 0 Å². The van der Waals surface area contributed by atoms with Gasteiger partial charge in [-0.3, -0.25) is 0 Å². The number of fused-ring (bicyclic) bond motifs is 3. The van der Waals surface area contributed by atoms with Gasteiger partial charge < -0.3 is 24.8 Å². The minimum absolute atomic E-state index is 0. The number of allylic oxidation sites excluding steroid dienone is 4. The van der Waals surface area contributed by atoms with Crippen LogP contribution in [0.15, 0.2) is 42.5 Å². The first-order valence-electron chi connectivity index (χ1n) is 8.50. The molecule has 2 aliphatic carbocycles. The summed E-state index contributed by atoms with van der Waals surface area (Å²) in [6, 6.07) is 12.5. The molecule has 0 atom stereocenters. The molecule has 4 rings (SSSR count). The third kappa shape index (κ3) is 4.75. The van der Waals surface area contributed by atoms with Gasteiger partial charge in [-0.2, -0.15) is 0 Å². The van der Waals surface area contributed by atoms with E-state index in [1.54, 1.807) is 24.2 Å². The molecule has 2 aliphatic rings. The molecule has 0 saturated heterocycles. The third-order valence-electron chi connectivity index (χ3n) is 4.64. The molecule has 134 valence electrons. The quantitative estimate of drug-likeness (QED) is 0.440. The van der Waals surface area contributed by atoms with Gasteiger partial charge in [-0.05, 0) is 18.4 Å². The van der Waals surface area contributed by atoms with Gasteiger partial charge in [-0.1, -0.05) is 61.4 Å². The molecule has 0 fully saturated rings. The molecule has 0 aliphatic heterocycles. The van der Waals surface area contributed by atoms with E-state index in [1.165, 1.54) is 47.7 Å². The van der Waals surface area contributed by atoms with E-state index in [4.69, 9.17) is 0 Å². The maximum Gasteiger partial charge on any atom is -0.0195 e. The minimum atomic E-state index is 0. The Bertz CT molecular complexity index is 872. The van der Waals surface area contributed by atoms with E-state index in [2.05, 4.69) is 76.3 Å². The fourth-order valence-electron chi connectivity index (χ4n) is 3.47. The molecule has 0 spiro atoms. The van der Waals surface area contributed by atoms with Crippen molar-refractivity contribution < 1.29 is 49.0 Å². The molecule has 3 heteroatoms. The number of benzene rings is 2. The van der Waals surface area contributed by atoms with Crippen molar-refractivity contribution in [3.8, 4) is 11.1 Å². The molecular weight excluding hydrogens is 438 g/mol. The molecule has 0 aromatic heterocycles. The molecular formula is C23H23Cl2Zr-. The first-order valence-corrected chi connectivity index (χ1v) is 9.73. The molecule has 0 unspecified atom stereocenters. The predicted octanol–water partition coefficient (Wildman–Crippen LogP) is -0.228. The van der Waals surface area contributed by atoms with Crippen molar-refractivity contribution >= 4 is 8.78 Å². The van der Waals surface area contributed by atoms with Gasteiger partial charge in [0.1, 0.15) is 0 Å². The Hall–Kier alpha value is -0.747. The molecule has 0 bridgehead atoms. The van der Waals surface area contributed by atoms with Gasteiger partial charge in [-0.15, -0.1) is 40.0 Å². The van der Waals surface area contributed by atoms with E-state index < -0.39 is 0 Å². The summed E-state index contributed by atoms with van der Waals surface area (Å²) in [6.07, 6.45) is 8.68. The average Bonchev–Trinajstić information content (AvgIpc) is 3.17. The van der Waals surface area contributed by atoms with Gasteiger partial charge in [-0.25, -0.2) is 0 Å². The molecule has 0 nitrogen and oxygen atoms in total. The second-order valence-corrected chi connectivity index (χ2v) is 9.22. The van der Waals surface area contributed by atoms with E-state index in [-0.39, 0.29) is 24.8 Å². The van der Waals surface area contributed by atoms with E-state index in [0.29, 0.717) is 0 Å². The van der Waals surface area contributed by atoms with Crippen molar-refractivity contribution in [1.82, 2.24) is 0 Å². The molecule has 2 aromatic rings. The van der Waals surface area contributed by atoms with E-state index >= 15 is 0 Å². The Balaban J connectivity index is 0.000000516. The molecule has 0 heterocycles. The van der Waals surface area contributed by atoms with Crippen molar-refractivity contribution in [3.05, 3.63) is 76.4 Å². The number of hydrogen-bond acceptors (Lipinski definition) is 0. The Morgan fingerprint density at radius 1 is 1.04 bits per heavy atom. The second-order valence-electron chi connectivity index (χ2n) is 6.76. The molecule has 26 heavy (non-hydrogen) atoms. The summed E-state index contributed by atoms with van der Waals surface area (Å²) in [5.41, 5.74) is 11.2. The maximum absolute atomic E-state index is 3.71. The van der Waals surface area contributed by atoms with Crippen LogP contribution in [0.3, 0.4) is 0 Å². The molecule has 0 saturated carbocycles. The smallest absolute Gasteiger partial charge is 0.0195 e. The predicted molar refractivity (Wildman–Crippen MR) is 101 cm³/mol. The van der Waals surface area contributed by atoms with Crippen LogP contribution in [-0.4, -0.2) is 3.21 Å². The normalized spacial score (nSPS) is 12.8. The van der Waals surface area contributed by atoms with Crippen molar-refractivity contribution in [2.45, 2.75) is 40.5 Å². The van der Waals surface area contributed by atoms with Crippen LogP contribution in [0.5, 0.6) is 0 Å². The van der Waals surface area contributed by atoms with Gasteiger partial charge in [0.05, 0.1) is 0 Å². The Morgan fingerprint density at radius 3 is 2.31 bits per heavy atom. The van der Waals surface area contributed by atoms with E-state index in [1.807, 2.05) is 0 Å². The summed E-state index contributed by atoms with van der Waals surface area (Å²) in [5.74, 6) is 0. The molecule has 0 N–H and O–H groups in total. The first-order chi connectivity index (χ1) is 11.5. The van der Waals surface area contributed by atoms with Gasteiger partial charge in [0.25, 0.3) is 0 Å². The zero-order valence-corrected chi connectivity index (χ0v) is 19.7. The van der Waals surface area contributed by atoms with Crippen LogP contribution in [0.2, 0.25) is 0 Å². The first kappa shape index (κ1) is 23.3. The Labute approximate surface area is 184 Å². The monoisotopic (exact) mass is 459 g/mol. The van der Waals surface area contributed by atoms with Crippen LogP contribution in [0.25, 0.3) is 16.7 Å².